The fourth-order valence-electron chi connectivity index (χ4n) is 1.26. The maximum absolute atomic E-state index is 4.54. The zero-order chi connectivity index (χ0) is 10.1. The zero-order valence-electron chi connectivity index (χ0n) is 9.54. The van der Waals surface area contributed by atoms with Crippen LogP contribution >= 0.6 is 0 Å². The Kier molecular flexibility index (Phi) is 3.12. The smallest absolute Gasteiger partial charge is 0.0520 e. The molecule has 1 aliphatic rings. The number of nitrogens with zero attached hydrogens (tertiary/aromatic N) is 2. The molecule has 0 amide bonds. The van der Waals surface area contributed by atoms with Gasteiger partial charge < -0.3 is 0 Å². The van der Waals surface area contributed by atoms with Gasteiger partial charge in [0.05, 0.1) is 5.54 Å². The molecule has 0 spiro atoms. The maximum Gasteiger partial charge on any atom is 0.0520 e. The van der Waals surface area contributed by atoms with Crippen LogP contribution in [0.5, 0.6) is 0 Å². The van der Waals surface area contributed by atoms with E-state index in [4.69, 9.17) is 0 Å². The monoisotopic (exact) mass is 182 g/mol. The van der Waals surface area contributed by atoms with Gasteiger partial charge in [0.15, 0.2) is 0 Å². The summed E-state index contributed by atoms with van der Waals surface area (Å²) in [5.74, 6) is 0.571. The fourth-order valence-corrected chi connectivity index (χ4v) is 1.26. The Hall–Kier alpha value is -0.370. The Morgan fingerprint density at radius 1 is 1.23 bits per heavy atom. The average molecular weight is 182 g/mol. The van der Waals surface area contributed by atoms with Crippen molar-refractivity contribution in [1.29, 1.82) is 0 Å². The topological polar surface area (TPSA) is 15.4 Å². The summed E-state index contributed by atoms with van der Waals surface area (Å²) in [7, 11) is 0. The lowest BCUT2D eigenvalue weighted by molar-refractivity contribution is 0.375. The molecule has 13 heavy (non-hydrogen) atoms. The third kappa shape index (κ3) is 3.90. The predicted octanol–water partition coefficient (Wildman–Crippen LogP) is 2.20. The van der Waals surface area contributed by atoms with E-state index in [1.807, 2.05) is 0 Å². The second-order valence-electron chi connectivity index (χ2n) is 5.08. The summed E-state index contributed by atoms with van der Waals surface area (Å²) in [5.41, 5.74) is 0.0763. The quantitative estimate of drug-likeness (QED) is 0.482. The van der Waals surface area contributed by atoms with Gasteiger partial charge in [0.1, 0.15) is 0 Å². The van der Waals surface area contributed by atoms with E-state index in [-0.39, 0.29) is 5.54 Å². The SMILES string of the molecule is CC(C=NC(C)(C)C)C(C)N1CC1. The molecular formula is C11H22N2. The van der Waals surface area contributed by atoms with Gasteiger partial charge in [-0.15, -0.1) is 0 Å². The summed E-state index contributed by atoms with van der Waals surface area (Å²) >= 11 is 0. The van der Waals surface area contributed by atoms with Crippen molar-refractivity contribution in [2.45, 2.75) is 46.2 Å². The van der Waals surface area contributed by atoms with Crippen molar-refractivity contribution in [3.63, 3.8) is 0 Å². The van der Waals surface area contributed by atoms with Gasteiger partial charge in [0.25, 0.3) is 0 Å². The van der Waals surface area contributed by atoms with Crippen molar-refractivity contribution in [3.05, 3.63) is 0 Å². The third-order valence-corrected chi connectivity index (χ3v) is 2.52. The lowest BCUT2D eigenvalue weighted by atomic mass is 10.0. The molecule has 0 saturated carbocycles. The van der Waals surface area contributed by atoms with Crippen molar-refractivity contribution in [3.8, 4) is 0 Å². The largest absolute Gasteiger partial charge is 0.297 e. The van der Waals surface area contributed by atoms with Crippen molar-refractivity contribution < 1.29 is 0 Å². The summed E-state index contributed by atoms with van der Waals surface area (Å²) in [6.07, 6.45) is 2.11. The first-order valence-electron chi connectivity index (χ1n) is 5.19. The van der Waals surface area contributed by atoms with Gasteiger partial charge in [-0.05, 0) is 27.7 Å². The summed E-state index contributed by atoms with van der Waals surface area (Å²) < 4.78 is 0. The summed E-state index contributed by atoms with van der Waals surface area (Å²) in [6, 6.07) is 0.658. The van der Waals surface area contributed by atoms with Crippen LogP contribution in [0.25, 0.3) is 0 Å². The van der Waals surface area contributed by atoms with E-state index in [0.717, 1.165) is 0 Å². The van der Waals surface area contributed by atoms with Crippen LogP contribution in [0, 0.1) is 5.92 Å². The molecule has 0 radical (unpaired) electrons. The molecule has 1 saturated heterocycles. The molecule has 2 heteroatoms. The van der Waals surface area contributed by atoms with Crippen molar-refractivity contribution in [2.24, 2.45) is 10.9 Å². The highest BCUT2D eigenvalue weighted by Gasteiger charge is 2.27. The molecule has 2 nitrogen and oxygen atoms in total. The van der Waals surface area contributed by atoms with Gasteiger partial charge in [0.2, 0.25) is 0 Å². The van der Waals surface area contributed by atoms with Crippen LogP contribution in [0.4, 0.5) is 0 Å². The van der Waals surface area contributed by atoms with Crippen LogP contribution in [0.15, 0.2) is 4.99 Å². The summed E-state index contributed by atoms with van der Waals surface area (Å²) in [6.45, 7) is 13.5. The highest BCUT2D eigenvalue weighted by Crippen LogP contribution is 2.17. The first-order chi connectivity index (χ1) is 5.90. The molecule has 76 valence electrons. The fraction of sp³-hybridized carbons (Fsp3) is 0.909. The number of aliphatic imine (C=N–C) groups is 1. The summed E-state index contributed by atoms with van der Waals surface area (Å²) in [4.78, 5) is 7.01. The van der Waals surface area contributed by atoms with Gasteiger partial charge in [-0.3, -0.25) is 9.89 Å². The first kappa shape index (κ1) is 10.7. The highest BCUT2D eigenvalue weighted by molar-refractivity contribution is 5.61. The molecule has 1 fully saturated rings. The van der Waals surface area contributed by atoms with E-state index in [0.29, 0.717) is 12.0 Å². The normalized spacial score (nSPS) is 23.5. The molecule has 1 aliphatic heterocycles. The minimum Gasteiger partial charge on any atom is -0.297 e. The number of hydrogen-bond acceptors (Lipinski definition) is 2. The van der Waals surface area contributed by atoms with Crippen LogP contribution in [0.2, 0.25) is 0 Å². The molecule has 0 aromatic heterocycles. The average Bonchev–Trinajstić information content (AvgIpc) is 2.79. The standard InChI is InChI=1S/C11H22N2/c1-9(8-12-11(3,4)5)10(2)13-6-7-13/h8-10H,6-7H2,1-5H3. The lowest BCUT2D eigenvalue weighted by Gasteiger charge is -2.19. The van der Waals surface area contributed by atoms with Crippen molar-refractivity contribution in [2.75, 3.05) is 13.1 Å². The van der Waals surface area contributed by atoms with Crippen molar-refractivity contribution >= 4 is 6.21 Å². The molecule has 0 aromatic rings. The van der Waals surface area contributed by atoms with Gasteiger partial charge in [-0.1, -0.05) is 6.92 Å². The van der Waals surface area contributed by atoms with Crippen LogP contribution in [0.1, 0.15) is 34.6 Å². The minimum atomic E-state index is 0.0763. The van der Waals surface area contributed by atoms with Crippen LogP contribution in [0.3, 0.4) is 0 Å². The third-order valence-electron chi connectivity index (χ3n) is 2.52. The van der Waals surface area contributed by atoms with Crippen LogP contribution in [-0.4, -0.2) is 35.8 Å². The molecule has 0 bridgehead atoms. The lowest BCUT2D eigenvalue weighted by Crippen LogP contribution is -2.25. The Bertz CT molecular complexity index is 187. The summed E-state index contributed by atoms with van der Waals surface area (Å²) in [5, 5.41) is 0. The Morgan fingerprint density at radius 3 is 2.15 bits per heavy atom. The molecule has 1 rings (SSSR count). The maximum atomic E-state index is 4.54. The van der Waals surface area contributed by atoms with Crippen molar-refractivity contribution in [1.82, 2.24) is 4.90 Å². The molecule has 1 heterocycles. The van der Waals surface area contributed by atoms with Gasteiger partial charge in [-0.2, -0.15) is 0 Å². The molecule has 2 atom stereocenters. The van der Waals surface area contributed by atoms with Crippen LogP contribution in [-0.2, 0) is 0 Å². The van der Waals surface area contributed by atoms with E-state index in [9.17, 15) is 0 Å². The molecule has 0 aromatic carbocycles. The second-order valence-corrected chi connectivity index (χ2v) is 5.08. The molecule has 0 aliphatic carbocycles. The number of hydrogen-bond donors (Lipinski definition) is 0. The number of rotatable bonds is 3. The van der Waals surface area contributed by atoms with E-state index in [1.54, 1.807) is 0 Å². The van der Waals surface area contributed by atoms with E-state index < -0.39 is 0 Å². The minimum absolute atomic E-state index is 0.0763. The van der Waals surface area contributed by atoms with Crippen LogP contribution < -0.4 is 0 Å². The molecule has 2 unspecified atom stereocenters. The van der Waals surface area contributed by atoms with E-state index in [2.05, 4.69) is 50.7 Å². The Balaban J connectivity index is 2.39. The van der Waals surface area contributed by atoms with E-state index >= 15 is 0 Å². The second kappa shape index (κ2) is 3.79. The Morgan fingerprint density at radius 2 is 1.77 bits per heavy atom. The molecular weight excluding hydrogens is 160 g/mol. The zero-order valence-corrected chi connectivity index (χ0v) is 9.54. The predicted molar refractivity (Wildman–Crippen MR) is 58.4 cm³/mol. The van der Waals surface area contributed by atoms with Gasteiger partial charge >= 0.3 is 0 Å². The Labute approximate surface area is 82.0 Å². The molecule has 0 N–H and O–H groups in total. The van der Waals surface area contributed by atoms with Gasteiger partial charge in [-0.25, -0.2) is 0 Å². The highest BCUT2D eigenvalue weighted by atomic mass is 15.3. The first-order valence-corrected chi connectivity index (χ1v) is 5.19. The van der Waals surface area contributed by atoms with E-state index in [1.165, 1.54) is 13.1 Å². The van der Waals surface area contributed by atoms with Gasteiger partial charge in [0, 0.05) is 31.3 Å².